The number of aromatic nitrogens is 1. The summed E-state index contributed by atoms with van der Waals surface area (Å²) < 4.78 is 25.3. The van der Waals surface area contributed by atoms with Gasteiger partial charge in [-0.2, -0.15) is 0 Å². The lowest BCUT2D eigenvalue weighted by Crippen LogP contribution is -2.59. The second kappa shape index (κ2) is 11.6. The topological polar surface area (TPSA) is 115 Å². The number of alkyl halides is 1. The number of hydrogen-bond acceptors (Lipinski definition) is 6. The molecule has 2 aromatic carbocycles. The van der Waals surface area contributed by atoms with Gasteiger partial charge >= 0.3 is 0 Å². The minimum Gasteiger partial charge on any atom is -0.491 e. The van der Waals surface area contributed by atoms with E-state index in [1.807, 2.05) is 30.3 Å². The Kier molecular flexibility index (Phi) is 8.10. The zero-order valence-corrected chi connectivity index (χ0v) is 21.5. The first-order chi connectivity index (χ1) is 18.6. The van der Waals surface area contributed by atoms with Crippen molar-refractivity contribution in [2.24, 2.45) is 5.73 Å². The first-order valence-corrected chi connectivity index (χ1v) is 12.1. The molecule has 5 rings (SSSR count). The number of benzene rings is 2. The molecule has 9 nitrogen and oxygen atoms in total. The maximum Gasteiger partial charge on any atom is 0.267 e. The highest BCUT2D eigenvalue weighted by Gasteiger charge is 2.43. The molecule has 0 spiro atoms. The number of carbonyl (C=O) groups excluding carboxylic acids is 3. The van der Waals surface area contributed by atoms with Gasteiger partial charge in [-0.25, -0.2) is 4.39 Å². The summed E-state index contributed by atoms with van der Waals surface area (Å²) in [7, 11) is 1.68. The van der Waals surface area contributed by atoms with Crippen LogP contribution in [0.25, 0.3) is 0 Å². The zero-order valence-electron chi connectivity index (χ0n) is 21.5. The van der Waals surface area contributed by atoms with E-state index in [4.69, 9.17) is 15.2 Å². The number of nitrogens with zero attached hydrogens (tertiary/aromatic N) is 3. The van der Waals surface area contributed by atoms with Crippen LogP contribution in [0.5, 0.6) is 17.2 Å². The largest absolute Gasteiger partial charge is 0.491 e. The average Bonchev–Trinajstić information content (AvgIpc) is 3.04. The van der Waals surface area contributed by atoms with Crippen LogP contribution in [0.4, 0.5) is 10.1 Å². The molecule has 0 unspecified atom stereocenters. The van der Waals surface area contributed by atoms with E-state index in [1.54, 1.807) is 31.3 Å². The molecule has 0 radical (unpaired) electrons. The summed E-state index contributed by atoms with van der Waals surface area (Å²) in [5.74, 6) is 6.48. The minimum absolute atomic E-state index is 0.00176. The number of primary amides is 1. The maximum atomic E-state index is 14.3. The monoisotopic (exact) mass is 530 g/mol. The lowest BCUT2D eigenvalue weighted by Gasteiger charge is -2.40. The fourth-order valence-electron chi connectivity index (χ4n) is 3.81. The third kappa shape index (κ3) is 6.90. The lowest BCUT2D eigenvalue weighted by atomic mass is 9.96. The van der Waals surface area contributed by atoms with E-state index in [0.717, 1.165) is 0 Å². The number of ether oxygens (including phenoxy) is 2. The summed E-state index contributed by atoms with van der Waals surface area (Å²) in [6.07, 6.45) is 1.80. The number of halogens is 1. The fourth-order valence-corrected chi connectivity index (χ4v) is 3.81. The Balaban J connectivity index is 0.000000193. The second-order valence-corrected chi connectivity index (χ2v) is 8.98. The number of likely N-dealkylation sites (tertiary alicyclic amines) is 1. The fraction of sp³-hybridized carbons (Fsp3) is 0.241. The highest BCUT2D eigenvalue weighted by Crippen LogP contribution is 2.31. The number of anilines is 1. The summed E-state index contributed by atoms with van der Waals surface area (Å²) in [6.45, 7) is 1.76. The van der Waals surface area contributed by atoms with Crippen molar-refractivity contribution in [2.75, 3.05) is 31.6 Å². The second-order valence-electron chi connectivity index (χ2n) is 8.98. The summed E-state index contributed by atoms with van der Waals surface area (Å²) >= 11 is 0. The highest BCUT2D eigenvalue weighted by molar-refractivity contribution is 5.95. The van der Waals surface area contributed by atoms with E-state index in [9.17, 15) is 18.8 Å². The maximum absolute atomic E-state index is 14.3. The van der Waals surface area contributed by atoms with Gasteiger partial charge in [-0.15, -0.1) is 0 Å². The molecule has 0 aliphatic carbocycles. The molecule has 2 N–H and O–H groups in total. The molecular formula is C29H27FN4O5. The predicted molar refractivity (Wildman–Crippen MR) is 142 cm³/mol. The van der Waals surface area contributed by atoms with Gasteiger partial charge in [0.1, 0.15) is 22.9 Å². The first-order valence-electron chi connectivity index (χ1n) is 12.1. The predicted octanol–water partition coefficient (Wildman–Crippen LogP) is 3.33. The molecule has 1 aromatic heterocycles. The molecule has 1 fully saturated rings. The van der Waals surface area contributed by atoms with Crippen molar-refractivity contribution in [3.8, 4) is 29.1 Å². The summed E-state index contributed by atoms with van der Waals surface area (Å²) in [5.41, 5.74) is 4.89. The Labute approximate surface area is 225 Å². The normalized spacial score (nSPS) is 15.1. The van der Waals surface area contributed by atoms with Gasteiger partial charge < -0.3 is 25.0 Å². The van der Waals surface area contributed by atoms with E-state index in [-0.39, 0.29) is 30.6 Å². The van der Waals surface area contributed by atoms with Gasteiger partial charge in [-0.05, 0) is 36.4 Å². The van der Waals surface area contributed by atoms with Crippen LogP contribution in [0.15, 0.2) is 66.9 Å². The van der Waals surface area contributed by atoms with Crippen molar-refractivity contribution in [3.63, 3.8) is 0 Å². The van der Waals surface area contributed by atoms with Gasteiger partial charge in [-0.1, -0.05) is 30.0 Å². The molecule has 39 heavy (non-hydrogen) atoms. The van der Waals surface area contributed by atoms with Crippen molar-refractivity contribution in [1.29, 1.82) is 0 Å². The van der Waals surface area contributed by atoms with Crippen molar-refractivity contribution in [3.05, 3.63) is 78.1 Å². The van der Waals surface area contributed by atoms with Crippen LogP contribution in [0.3, 0.4) is 0 Å². The average molecular weight is 531 g/mol. The van der Waals surface area contributed by atoms with E-state index >= 15 is 0 Å². The SMILES string of the molecule is CC(=O)N1CC(F)(C#Cc2ccc3c(c2)N(C)C(=O)CCO3)C1.NC(=O)c1cc(Oc2ccccc2)ccn1. The van der Waals surface area contributed by atoms with Crippen LogP contribution in [-0.2, 0) is 9.59 Å². The Morgan fingerprint density at radius 3 is 2.54 bits per heavy atom. The van der Waals surface area contributed by atoms with Gasteiger partial charge in [-0.3, -0.25) is 19.4 Å². The van der Waals surface area contributed by atoms with Gasteiger partial charge in [0, 0.05) is 31.8 Å². The molecule has 0 bridgehead atoms. The third-order valence-electron chi connectivity index (χ3n) is 5.99. The number of hydrogen-bond donors (Lipinski definition) is 1. The molecule has 200 valence electrons. The van der Waals surface area contributed by atoms with Gasteiger partial charge in [0.15, 0.2) is 0 Å². The van der Waals surface area contributed by atoms with Gasteiger partial charge in [0.05, 0.1) is 31.8 Å². The van der Waals surface area contributed by atoms with Crippen molar-refractivity contribution >= 4 is 23.4 Å². The van der Waals surface area contributed by atoms with Crippen molar-refractivity contribution in [1.82, 2.24) is 9.88 Å². The Morgan fingerprint density at radius 1 is 1.10 bits per heavy atom. The summed E-state index contributed by atoms with van der Waals surface area (Å²) in [6, 6.07) is 17.6. The Morgan fingerprint density at radius 2 is 1.85 bits per heavy atom. The molecule has 3 aromatic rings. The van der Waals surface area contributed by atoms with Crippen LogP contribution in [0.2, 0.25) is 0 Å². The number of nitrogens with two attached hydrogens (primary N) is 1. The Bertz CT molecular complexity index is 1440. The van der Waals surface area contributed by atoms with E-state index in [1.165, 1.54) is 29.0 Å². The number of rotatable bonds is 3. The quantitative estimate of drug-likeness (QED) is 0.520. The van der Waals surface area contributed by atoms with Crippen LogP contribution in [-0.4, -0.2) is 60.0 Å². The van der Waals surface area contributed by atoms with E-state index in [2.05, 4.69) is 16.8 Å². The van der Waals surface area contributed by atoms with E-state index in [0.29, 0.717) is 41.5 Å². The molecule has 1 saturated heterocycles. The van der Waals surface area contributed by atoms with Gasteiger partial charge in [0.25, 0.3) is 5.91 Å². The van der Waals surface area contributed by atoms with Crippen LogP contribution in [0.1, 0.15) is 29.4 Å². The minimum atomic E-state index is -1.66. The number of carbonyl (C=O) groups is 3. The molecule has 10 heteroatoms. The molecular weight excluding hydrogens is 503 g/mol. The Hall–Kier alpha value is -4.91. The van der Waals surface area contributed by atoms with Crippen molar-refractivity contribution < 1.29 is 28.2 Å². The molecule has 0 saturated carbocycles. The van der Waals surface area contributed by atoms with Gasteiger partial charge in [0.2, 0.25) is 17.5 Å². The number of pyridine rings is 1. The zero-order chi connectivity index (χ0) is 28.0. The summed E-state index contributed by atoms with van der Waals surface area (Å²) in [5, 5.41) is 0. The standard InChI is InChI=1S/C17H17FN2O3.C12H10N2O2/c1-12(21)20-10-17(18,11-20)7-5-13-3-4-15-14(9-13)19(2)16(22)6-8-23-15;13-12(15)11-8-10(6-7-14-11)16-9-4-2-1-3-5-9/h3-4,9H,6,8,10-11H2,1-2H3;1-8H,(H2,13,15). The molecule has 0 atom stereocenters. The van der Waals surface area contributed by atoms with Crippen LogP contribution in [0, 0.1) is 11.8 Å². The number of amides is 3. The summed E-state index contributed by atoms with van der Waals surface area (Å²) in [4.78, 5) is 40.7. The number of fused-ring (bicyclic) bond motifs is 1. The first kappa shape index (κ1) is 27.1. The molecule has 2 aliphatic heterocycles. The van der Waals surface area contributed by atoms with Crippen LogP contribution >= 0.6 is 0 Å². The molecule has 3 amide bonds. The molecule has 2 aliphatic rings. The smallest absolute Gasteiger partial charge is 0.267 e. The lowest BCUT2D eigenvalue weighted by molar-refractivity contribution is -0.139. The van der Waals surface area contributed by atoms with Crippen molar-refractivity contribution in [2.45, 2.75) is 19.0 Å². The van der Waals surface area contributed by atoms with E-state index < -0.39 is 11.6 Å². The number of para-hydroxylation sites is 1. The molecule has 3 heterocycles. The van der Waals surface area contributed by atoms with Crippen LogP contribution < -0.4 is 20.1 Å². The highest BCUT2D eigenvalue weighted by atomic mass is 19.1. The third-order valence-corrected chi connectivity index (χ3v) is 5.99.